The van der Waals surface area contributed by atoms with Gasteiger partial charge >= 0.3 is 0 Å². The normalized spacial score (nSPS) is 11.0. The highest BCUT2D eigenvalue weighted by atomic mass is 35.5. The predicted octanol–water partition coefficient (Wildman–Crippen LogP) is 2.76. The van der Waals surface area contributed by atoms with Crippen molar-refractivity contribution in [1.29, 1.82) is 0 Å². The average molecular weight is 237 g/mol. The van der Waals surface area contributed by atoms with Gasteiger partial charge in [-0.1, -0.05) is 11.6 Å². The van der Waals surface area contributed by atoms with Gasteiger partial charge < -0.3 is 5.73 Å². The Balaban J connectivity index is 2.64. The Bertz CT molecular complexity index is 504. The van der Waals surface area contributed by atoms with Gasteiger partial charge in [-0.05, 0) is 26.0 Å². The standard InChI is InChI=1S/C11H13ClN4/c1-7(2)16-10(9(12)6-15-16)8-4-3-5-14-11(8)13/h3-7H,1-2H3,(H2,13,14). The molecule has 0 unspecified atom stereocenters. The summed E-state index contributed by atoms with van der Waals surface area (Å²) in [4.78, 5) is 4.05. The molecule has 0 saturated heterocycles. The van der Waals surface area contributed by atoms with E-state index in [4.69, 9.17) is 17.3 Å². The van der Waals surface area contributed by atoms with Gasteiger partial charge in [0.05, 0.1) is 16.9 Å². The lowest BCUT2D eigenvalue weighted by Crippen LogP contribution is -2.06. The monoisotopic (exact) mass is 236 g/mol. The van der Waals surface area contributed by atoms with Crippen molar-refractivity contribution in [2.24, 2.45) is 0 Å². The second-order valence-electron chi connectivity index (χ2n) is 3.82. The molecule has 0 bridgehead atoms. The minimum atomic E-state index is 0.224. The number of aromatic nitrogens is 3. The van der Waals surface area contributed by atoms with E-state index in [-0.39, 0.29) is 6.04 Å². The van der Waals surface area contributed by atoms with Crippen molar-refractivity contribution < 1.29 is 0 Å². The highest BCUT2D eigenvalue weighted by Gasteiger charge is 2.15. The average Bonchev–Trinajstić information content (AvgIpc) is 2.61. The van der Waals surface area contributed by atoms with Gasteiger partial charge in [0.1, 0.15) is 5.82 Å². The van der Waals surface area contributed by atoms with Crippen LogP contribution in [0.25, 0.3) is 11.3 Å². The molecule has 0 aliphatic rings. The molecule has 0 fully saturated rings. The van der Waals surface area contributed by atoms with E-state index in [1.807, 2.05) is 30.7 Å². The van der Waals surface area contributed by atoms with Gasteiger partial charge in [0, 0.05) is 17.8 Å². The molecular weight excluding hydrogens is 224 g/mol. The Kier molecular flexibility index (Phi) is 2.83. The Morgan fingerprint density at radius 2 is 2.19 bits per heavy atom. The smallest absolute Gasteiger partial charge is 0.132 e. The van der Waals surface area contributed by atoms with E-state index in [2.05, 4.69) is 10.1 Å². The van der Waals surface area contributed by atoms with Gasteiger partial charge in [0.15, 0.2) is 0 Å². The molecule has 0 radical (unpaired) electrons. The second-order valence-corrected chi connectivity index (χ2v) is 4.22. The first-order valence-electron chi connectivity index (χ1n) is 5.05. The Labute approximate surface area is 99.1 Å². The van der Waals surface area contributed by atoms with E-state index in [0.29, 0.717) is 10.8 Å². The summed E-state index contributed by atoms with van der Waals surface area (Å²) in [7, 11) is 0. The SMILES string of the molecule is CC(C)n1ncc(Cl)c1-c1cccnc1N. The van der Waals surface area contributed by atoms with Crippen LogP contribution in [0, 0.1) is 0 Å². The van der Waals surface area contributed by atoms with Crippen molar-refractivity contribution in [3.05, 3.63) is 29.5 Å². The quantitative estimate of drug-likeness (QED) is 0.872. The summed E-state index contributed by atoms with van der Waals surface area (Å²) in [5.41, 5.74) is 7.48. The van der Waals surface area contributed by atoms with Gasteiger partial charge in [-0.2, -0.15) is 5.10 Å². The van der Waals surface area contributed by atoms with Crippen LogP contribution in [0.2, 0.25) is 5.02 Å². The number of pyridine rings is 1. The minimum Gasteiger partial charge on any atom is -0.383 e. The van der Waals surface area contributed by atoms with Crippen LogP contribution in [0.5, 0.6) is 0 Å². The molecular formula is C11H13ClN4. The van der Waals surface area contributed by atoms with Crippen LogP contribution in [-0.4, -0.2) is 14.8 Å². The van der Waals surface area contributed by atoms with Crippen LogP contribution in [0.15, 0.2) is 24.5 Å². The number of hydrogen-bond donors (Lipinski definition) is 1. The highest BCUT2D eigenvalue weighted by Crippen LogP contribution is 2.32. The third-order valence-corrected chi connectivity index (χ3v) is 2.61. The minimum absolute atomic E-state index is 0.224. The number of hydrogen-bond acceptors (Lipinski definition) is 3. The van der Waals surface area contributed by atoms with Gasteiger partial charge in [-0.15, -0.1) is 0 Å². The molecule has 0 aromatic carbocycles. The molecule has 2 heterocycles. The van der Waals surface area contributed by atoms with E-state index in [1.54, 1.807) is 12.4 Å². The number of anilines is 1. The highest BCUT2D eigenvalue weighted by molar-refractivity contribution is 6.33. The molecule has 5 heteroatoms. The third kappa shape index (κ3) is 1.76. The molecule has 0 aliphatic heterocycles. The van der Waals surface area contributed by atoms with Crippen molar-refractivity contribution in [3.63, 3.8) is 0 Å². The lowest BCUT2D eigenvalue weighted by molar-refractivity contribution is 0.538. The van der Waals surface area contributed by atoms with E-state index >= 15 is 0 Å². The van der Waals surface area contributed by atoms with Crippen LogP contribution in [0.4, 0.5) is 5.82 Å². The fraction of sp³-hybridized carbons (Fsp3) is 0.273. The summed E-state index contributed by atoms with van der Waals surface area (Å²) in [6.07, 6.45) is 3.28. The molecule has 0 spiro atoms. The molecule has 2 aromatic rings. The lowest BCUT2D eigenvalue weighted by Gasteiger charge is -2.12. The first-order valence-corrected chi connectivity index (χ1v) is 5.43. The first kappa shape index (κ1) is 11.0. The Morgan fingerprint density at radius 1 is 1.44 bits per heavy atom. The number of nitrogen functional groups attached to an aromatic ring is 1. The first-order chi connectivity index (χ1) is 7.61. The zero-order valence-corrected chi connectivity index (χ0v) is 9.94. The van der Waals surface area contributed by atoms with Crippen molar-refractivity contribution >= 4 is 17.4 Å². The summed E-state index contributed by atoms with van der Waals surface area (Å²) in [6.45, 7) is 4.08. The van der Waals surface area contributed by atoms with Crippen LogP contribution < -0.4 is 5.73 Å². The second kappa shape index (κ2) is 4.14. The van der Waals surface area contributed by atoms with Gasteiger partial charge in [-0.25, -0.2) is 4.98 Å². The molecule has 2 N–H and O–H groups in total. The molecule has 84 valence electrons. The Hall–Kier alpha value is -1.55. The number of nitrogens with zero attached hydrogens (tertiary/aromatic N) is 3. The van der Waals surface area contributed by atoms with Crippen LogP contribution >= 0.6 is 11.6 Å². The van der Waals surface area contributed by atoms with Crippen LogP contribution in [0.3, 0.4) is 0 Å². The molecule has 16 heavy (non-hydrogen) atoms. The van der Waals surface area contributed by atoms with Crippen molar-refractivity contribution in [2.75, 3.05) is 5.73 Å². The molecule has 0 amide bonds. The topological polar surface area (TPSA) is 56.7 Å². The Morgan fingerprint density at radius 3 is 2.81 bits per heavy atom. The maximum Gasteiger partial charge on any atom is 0.132 e. The zero-order valence-electron chi connectivity index (χ0n) is 9.18. The van der Waals surface area contributed by atoms with E-state index in [1.165, 1.54) is 0 Å². The molecule has 0 aliphatic carbocycles. The number of rotatable bonds is 2. The van der Waals surface area contributed by atoms with Gasteiger partial charge in [0.2, 0.25) is 0 Å². The zero-order chi connectivity index (χ0) is 11.7. The number of halogens is 1. The van der Waals surface area contributed by atoms with Crippen molar-refractivity contribution in [1.82, 2.24) is 14.8 Å². The number of nitrogens with two attached hydrogens (primary N) is 1. The molecule has 2 rings (SSSR count). The maximum atomic E-state index is 6.13. The van der Waals surface area contributed by atoms with Crippen molar-refractivity contribution in [3.8, 4) is 11.3 Å². The molecule has 0 saturated carbocycles. The summed E-state index contributed by atoms with van der Waals surface area (Å²) in [5.74, 6) is 0.465. The van der Waals surface area contributed by atoms with E-state index < -0.39 is 0 Å². The largest absolute Gasteiger partial charge is 0.383 e. The summed E-state index contributed by atoms with van der Waals surface area (Å²) >= 11 is 6.13. The van der Waals surface area contributed by atoms with Gasteiger partial charge in [-0.3, -0.25) is 4.68 Å². The summed E-state index contributed by atoms with van der Waals surface area (Å²) in [6, 6.07) is 3.95. The predicted molar refractivity (Wildman–Crippen MR) is 65.3 cm³/mol. The molecule has 0 atom stereocenters. The lowest BCUT2D eigenvalue weighted by atomic mass is 10.2. The van der Waals surface area contributed by atoms with E-state index in [0.717, 1.165) is 11.3 Å². The molecule has 4 nitrogen and oxygen atoms in total. The van der Waals surface area contributed by atoms with E-state index in [9.17, 15) is 0 Å². The van der Waals surface area contributed by atoms with Crippen LogP contribution in [-0.2, 0) is 0 Å². The van der Waals surface area contributed by atoms with Crippen molar-refractivity contribution in [2.45, 2.75) is 19.9 Å². The fourth-order valence-corrected chi connectivity index (χ4v) is 1.83. The molecule has 2 aromatic heterocycles. The summed E-state index contributed by atoms with van der Waals surface area (Å²) < 4.78 is 1.84. The fourth-order valence-electron chi connectivity index (χ4n) is 1.60. The third-order valence-electron chi connectivity index (χ3n) is 2.33. The summed E-state index contributed by atoms with van der Waals surface area (Å²) in [5, 5.41) is 4.83. The van der Waals surface area contributed by atoms with Crippen LogP contribution in [0.1, 0.15) is 19.9 Å². The maximum absolute atomic E-state index is 6.13. The van der Waals surface area contributed by atoms with Gasteiger partial charge in [0.25, 0.3) is 0 Å².